The Bertz CT molecular complexity index is 405. The van der Waals surface area contributed by atoms with Gasteiger partial charge in [0.25, 0.3) is 0 Å². The third-order valence-electron chi connectivity index (χ3n) is 3.91. The Morgan fingerprint density at radius 3 is 2.50 bits per heavy atom. The SMILES string of the molecule is CN1C(CO)CN(c2ccc(F)cc2)CC1(C)C. The molecule has 0 spiro atoms. The first-order valence-corrected chi connectivity index (χ1v) is 6.28. The normalized spacial score (nSPS) is 24.3. The van der Waals surface area contributed by atoms with Crippen LogP contribution in [0.2, 0.25) is 0 Å². The van der Waals surface area contributed by atoms with E-state index in [2.05, 4.69) is 23.6 Å². The van der Waals surface area contributed by atoms with Gasteiger partial charge in [0, 0.05) is 24.3 Å². The van der Waals surface area contributed by atoms with Crippen molar-refractivity contribution in [2.75, 3.05) is 31.6 Å². The first-order valence-electron chi connectivity index (χ1n) is 6.28. The Kier molecular flexibility index (Phi) is 3.59. The van der Waals surface area contributed by atoms with Crippen molar-refractivity contribution in [1.29, 1.82) is 0 Å². The smallest absolute Gasteiger partial charge is 0.123 e. The van der Waals surface area contributed by atoms with Crippen molar-refractivity contribution in [3.63, 3.8) is 0 Å². The van der Waals surface area contributed by atoms with Crippen LogP contribution in [0, 0.1) is 5.82 Å². The van der Waals surface area contributed by atoms with E-state index in [1.54, 1.807) is 12.1 Å². The monoisotopic (exact) mass is 252 g/mol. The molecule has 0 aliphatic carbocycles. The van der Waals surface area contributed by atoms with Crippen LogP contribution in [0.3, 0.4) is 0 Å². The fourth-order valence-electron chi connectivity index (χ4n) is 2.54. The van der Waals surface area contributed by atoms with Gasteiger partial charge in [0.05, 0.1) is 12.6 Å². The molecule has 0 bridgehead atoms. The molecule has 1 saturated heterocycles. The molecule has 0 radical (unpaired) electrons. The minimum atomic E-state index is -0.217. The van der Waals surface area contributed by atoms with Crippen LogP contribution in [-0.4, -0.2) is 48.3 Å². The number of hydrogen-bond donors (Lipinski definition) is 1. The van der Waals surface area contributed by atoms with E-state index in [4.69, 9.17) is 0 Å². The van der Waals surface area contributed by atoms with E-state index < -0.39 is 0 Å². The lowest BCUT2D eigenvalue weighted by Crippen LogP contribution is -2.63. The summed E-state index contributed by atoms with van der Waals surface area (Å²) in [6, 6.07) is 6.67. The summed E-state index contributed by atoms with van der Waals surface area (Å²) in [5.74, 6) is -0.217. The molecule has 2 rings (SSSR count). The van der Waals surface area contributed by atoms with Gasteiger partial charge in [-0.1, -0.05) is 0 Å². The minimum absolute atomic E-state index is 0.0139. The second kappa shape index (κ2) is 4.86. The number of nitrogens with zero attached hydrogens (tertiary/aromatic N) is 2. The van der Waals surface area contributed by atoms with E-state index in [1.807, 2.05) is 7.05 Å². The molecule has 18 heavy (non-hydrogen) atoms. The molecule has 3 nitrogen and oxygen atoms in total. The highest BCUT2D eigenvalue weighted by atomic mass is 19.1. The Morgan fingerprint density at radius 2 is 1.94 bits per heavy atom. The average Bonchev–Trinajstić information content (AvgIpc) is 2.33. The first kappa shape index (κ1) is 13.3. The zero-order chi connectivity index (χ0) is 13.3. The van der Waals surface area contributed by atoms with E-state index in [-0.39, 0.29) is 24.0 Å². The van der Waals surface area contributed by atoms with E-state index in [1.165, 1.54) is 12.1 Å². The number of benzene rings is 1. The predicted molar refractivity (Wildman–Crippen MR) is 71.3 cm³/mol. The number of likely N-dealkylation sites (N-methyl/N-ethyl adjacent to an activating group) is 1. The third kappa shape index (κ3) is 2.49. The van der Waals surface area contributed by atoms with Gasteiger partial charge >= 0.3 is 0 Å². The Balaban J connectivity index is 2.22. The quantitative estimate of drug-likeness (QED) is 0.868. The van der Waals surface area contributed by atoms with Gasteiger partial charge in [0.1, 0.15) is 5.82 Å². The highest BCUT2D eigenvalue weighted by molar-refractivity contribution is 5.47. The molecule has 1 aromatic rings. The number of anilines is 1. The van der Waals surface area contributed by atoms with Crippen LogP contribution < -0.4 is 4.90 Å². The largest absolute Gasteiger partial charge is 0.395 e. The summed E-state index contributed by atoms with van der Waals surface area (Å²) in [6.45, 7) is 6.09. The average molecular weight is 252 g/mol. The van der Waals surface area contributed by atoms with Crippen LogP contribution in [0.15, 0.2) is 24.3 Å². The number of aliphatic hydroxyl groups excluding tert-OH is 1. The summed E-state index contributed by atoms with van der Waals surface area (Å²) in [7, 11) is 2.04. The lowest BCUT2D eigenvalue weighted by Gasteiger charge is -2.50. The van der Waals surface area contributed by atoms with Gasteiger partial charge < -0.3 is 10.0 Å². The Labute approximate surface area is 108 Å². The molecule has 1 N–H and O–H groups in total. The molecule has 1 aromatic carbocycles. The van der Waals surface area contributed by atoms with Crippen LogP contribution in [0.5, 0.6) is 0 Å². The Morgan fingerprint density at radius 1 is 1.33 bits per heavy atom. The first-order chi connectivity index (χ1) is 8.44. The van der Waals surface area contributed by atoms with Crippen LogP contribution in [-0.2, 0) is 0 Å². The number of rotatable bonds is 2. The van der Waals surface area contributed by atoms with Crippen molar-refractivity contribution in [3.05, 3.63) is 30.1 Å². The van der Waals surface area contributed by atoms with Crippen molar-refractivity contribution < 1.29 is 9.50 Å². The fraction of sp³-hybridized carbons (Fsp3) is 0.571. The van der Waals surface area contributed by atoms with Gasteiger partial charge in [-0.3, -0.25) is 4.90 Å². The summed E-state index contributed by atoms with van der Waals surface area (Å²) >= 11 is 0. The molecular weight excluding hydrogens is 231 g/mol. The molecule has 0 amide bonds. The molecule has 1 aliphatic heterocycles. The summed E-state index contributed by atoms with van der Waals surface area (Å²) in [5, 5.41) is 9.47. The van der Waals surface area contributed by atoms with Crippen molar-refractivity contribution in [2.24, 2.45) is 0 Å². The topological polar surface area (TPSA) is 26.7 Å². The van der Waals surface area contributed by atoms with Gasteiger partial charge in [-0.2, -0.15) is 0 Å². The second-order valence-corrected chi connectivity index (χ2v) is 5.62. The second-order valence-electron chi connectivity index (χ2n) is 5.62. The summed E-state index contributed by atoms with van der Waals surface area (Å²) < 4.78 is 12.9. The molecule has 1 atom stereocenters. The van der Waals surface area contributed by atoms with Gasteiger partial charge in [0.2, 0.25) is 0 Å². The Hall–Kier alpha value is -1.13. The van der Waals surface area contributed by atoms with Crippen LogP contribution >= 0.6 is 0 Å². The molecule has 0 aromatic heterocycles. The number of aliphatic hydroxyl groups is 1. The summed E-state index contributed by atoms with van der Waals surface area (Å²) in [5.41, 5.74) is 0.996. The number of hydrogen-bond acceptors (Lipinski definition) is 3. The zero-order valence-corrected chi connectivity index (χ0v) is 11.2. The van der Waals surface area contributed by atoms with Gasteiger partial charge in [-0.05, 0) is 45.2 Å². The van der Waals surface area contributed by atoms with E-state index >= 15 is 0 Å². The van der Waals surface area contributed by atoms with E-state index in [9.17, 15) is 9.50 Å². The lowest BCUT2D eigenvalue weighted by atomic mass is 9.95. The maximum Gasteiger partial charge on any atom is 0.123 e. The lowest BCUT2D eigenvalue weighted by molar-refractivity contribution is 0.0455. The third-order valence-corrected chi connectivity index (χ3v) is 3.91. The minimum Gasteiger partial charge on any atom is -0.395 e. The molecular formula is C14H21FN2O. The maximum absolute atomic E-state index is 12.9. The van der Waals surface area contributed by atoms with Crippen LogP contribution in [0.4, 0.5) is 10.1 Å². The van der Waals surface area contributed by atoms with Crippen molar-refractivity contribution >= 4 is 5.69 Å². The molecule has 0 saturated carbocycles. The summed E-state index contributed by atoms with van der Waals surface area (Å²) in [4.78, 5) is 4.42. The predicted octanol–water partition coefficient (Wildman–Crippen LogP) is 1.72. The maximum atomic E-state index is 12.9. The molecule has 1 aliphatic rings. The zero-order valence-electron chi connectivity index (χ0n) is 11.2. The summed E-state index contributed by atoms with van der Waals surface area (Å²) in [6.07, 6.45) is 0. The van der Waals surface area contributed by atoms with Crippen molar-refractivity contribution in [1.82, 2.24) is 4.90 Å². The molecule has 100 valence electrons. The number of piperazine rings is 1. The van der Waals surface area contributed by atoms with E-state index in [0.29, 0.717) is 0 Å². The molecule has 1 unspecified atom stereocenters. The molecule has 1 heterocycles. The molecule has 1 fully saturated rings. The molecule has 4 heteroatoms. The van der Waals surface area contributed by atoms with Crippen molar-refractivity contribution in [2.45, 2.75) is 25.4 Å². The van der Waals surface area contributed by atoms with Crippen LogP contribution in [0.1, 0.15) is 13.8 Å². The fourth-order valence-corrected chi connectivity index (χ4v) is 2.54. The van der Waals surface area contributed by atoms with Gasteiger partial charge in [0.15, 0.2) is 0 Å². The van der Waals surface area contributed by atoms with Crippen LogP contribution in [0.25, 0.3) is 0 Å². The highest BCUT2D eigenvalue weighted by Crippen LogP contribution is 2.27. The van der Waals surface area contributed by atoms with Gasteiger partial charge in [-0.25, -0.2) is 4.39 Å². The van der Waals surface area contributed by atoms with E-state index in [0.717, 1.165) is 18.8 Å². The highest BCUT2D eigenvalue weighted by Gasteiger charge is 2.37. The standard InChI is InChI=1S/C14H21FN2O/c1-14(2)10-17(8-13(9-18)16(14)3)12-6-4-11(15)5-7-12/h4-7,13,18H,8-10H2,1-3H3. The van der Waals surface area contributed by atoms with Crippen molar-refractivity contribution in [3.8, 4) is 0 Å². The van der Waals surface area contributed by atoms with Gasteiger partial charge in [-0.15, -0.1) is 0 Å². The number of halogens is 1.